The third-order valence-corrected chi connectivity index (χ3v) is 19.5. The molecule has 0 radical (unpaired) electrons. The number of rotatable bonds is 4. The summed E-state index contributed by atoms with van der Waals surface area (Å²) in [6.45, 7) is 0. The quantitative estimate of drug-likeness (QED) is 0.222. The molecular weight excluding hydrogens is 458 g/mol. The SMILES string of the molecule is IP(c1ccccc1)(c1ccccc1)(c1ccccc1)C1CCCCCC1. The molecule has 4 rings (SSSR count). The molecule has 0 saturated heterocycles. The molecular formula is C25H28IP. The Morgan fingerprint density at radius 3 is 1.19 bits per heavy atom. The van der Waals surface area contributed by atoms with Crippen LogP contribution in [0.3, 0.4) is 0 Å². The summed E-state index contributed by atoms with van der Waals surface area (Å²) in [6, 6.07) is 34.3. The maximum absolute atomic E-state index is 2.97. The average Bonchev–Trinajstić information content (AvgIpc) is 3.05. The molecule has 140 valence electrons. The molecule has 3 aromatic carbocycles. The van der Waals surface area contributed by atoms with Crippen LogP contribution < -0.4 is 15.9 Å². The van der Waals surface area contributed by atoms with Crippen LogP contribution in [0.2, 0.25) is 0 Å². The molecule has 0 heterocycles. The van der Waals surface area contributed by atoms with E-state index >= 15 is 0 Å². The predicted molar refractivity (Wildman–Crippen MR) is 131 cm³/mol. The third kappa shape index (κ3) is 3.17. The Balaban J connectivity index is 2.09. The second-order valence-corrected chi connectivity index (χ2v) is 18.2. The van der Waals surface area contributed by atoms with E-state index in [1.54, 1.807) is 0 Å². The average molecular weight is 486 g/mol. The number of hydrogen-bond acceptors (Lipinski definition) is 0. The van der Waals surface area contributed by atoms with E-state index in [0.29, 0.717) is 5.66 Å². The summed E-state index contributed by atoms with van der Waals surface area (Å²) in [7, 11) is 0. The van der Waals surface area contributed by atoms with Crippen LogP contribution in [0.25, 0.3) is 0 Å². The van der Waals surface area contributed by atoms with Crippen LogP contribution in [-0.2, 0) is 0 Å². The molecule has 1 saturated carbocycles. The van der Waals surface area contributed by atoms with Gasteiger partial charge in [0.15, 0.2) is 0 Å². The van der Waals surface area contributed by atoms with Gasteiger partial charge in [-0.3, -0.25) is 0 Å². The van der Waals surface area contributed by atoms with E-state index in [1.165, 1.54) is 54.4 Å². The first-order valence-corrected chi connectivity index (χ1v) is 15.2. The van der Waals surface area contributed by atoms with Crippen molar-refractivity contribution in [3.63, 3.8) is 0 Å². The van der Waals surface area contributed by atoms with Crippen LogP contribution >= 0.6 is 26.3 Å². The van der Waals surface area contributed by atoms with Crippen LogP contribution in [0.5, 0.6) is 0 Å². The zero-order chi connectivity index (χ0) is 18.6. The first-order chi connectivity index (χ1) is 13.2. The molecule has 2 heteroatoms. The van der Waals surface area contributed by atoms with Gasteiger partial charge in [-0.1, -0.05) is 0 Å². The van der Waals surface area contributed by atoms with Gasteiger partial charge in [0.25, 0.3) is 0 Å². The van der Waals surface area contributed by atoms with Crippen molar-refractivity contribution in [3.05, 3.63) is 91.0 Å². The minimum atomic E-state index is -2.60. The molecule has 0 nitrogen and oxygen atoms in total. The van der Waals surface area contributed by atoms with Gasteiger partial charge in [0.1, 0.15) is 0 Å². The Bertz CT molecular complexity index is 753. The molecule has 3 aromatic rings. The fourth-order valence-electron chi connectivity index (χ4n) is 4.98. The van der Waals surface area contributed by atoms with Gasteiger partial charge >= 0.3 is 177 Å². The molecule has 0 amide bonds. The third-order valence-electron chi connectivity index (χ3n) is 6.29. The topological polar surface area (TPSA) is 0 Å². The van der Waals surface area contributed by atoms with Crippen molar-refractivity contribution < 1.29 is 0 Å². The van der Waals surface area contributed by atoms with Crippen LogP contribution in [0.15, 0.2) is 91.0 Å². The molecule has 1 aliphatic rings. The molecule has 1 fully saturated rings. The molecule has 27 heavy (non-hydrogen) atoms. The summed E-state index contributed by atoms with van der Waals surface area (Å²) in [5.41, 5.74) is 0.700. The zero-order valence-electron chi connectivity index (χ0n) is 15.8. The Kier molecular flexibility index (Phi) is 5.71. The van der Waals surface area contributed by atoms with E-state index < -0.39 is 4.25 Å². The minimum absolute atomic E-state index is 0.700. The predicted octanol–water partition coefficient (Wildman–Crippen LogP) is 6.59. The number of halogens is 1. The standard InChI is InChI=1S/C25H28IP/c26-27(23-16-8-3-9-17-23,24-18-10-4-11-19-24,25-20-12-5-13-21-25)22-14-6-1-2-7-15-22/h3-5,8-13,16-22H,1-2,6-7,14-15H2. The van der Waals surface area contributed by atoms with Crippen LogP contribution in [0.1, 0.15) is 38.5 Å². The van der Waals surface area contributed by atoms with Gasteiger partial charge in [0.2, 0.25) is 0 Å². The number of benzene rings is 3. The van der Waals surface area contributed by atoms with Crippen LogP contribution in [0.4, 0.5) is 0 Å². The summed E-state index contributed by atoms with van der Waals surface area (Å²) >= 11 is 2.97. The van der Waals surface area contributed by atoms with Gasteiger partial charge in [-0.25, -0.2) is 0 Å². The molecule has 0 N–H and O–H groups in total. The molecule has 0 aromatic heterocycles. The summed E-state index contributed by atoms with van der Waals surface area (Å²) in [5.74, 6) is 0. The van der Waals surface area contributed by atoms with Crippen molar-refractivity contribution in [1.82, 2.24) is 0 Å². The second kappa shape index (κ2) is 8.05. The van der Waals surface area contributed by atoms with Crippen molar-refractivity contribution in [1.29, 1.82) is 0 Å². The zero-order valence-corrected chi connectivity index (χ0v) is 18.9. The van der Waals surface area contributed by atoms with E-state index in [9.17, 15) is 0 Å². The number of hydrogen-bond donors (Lipinski definition) is 0. The van der Waals surface area contributed by atoms with Gasteiger partial charge in [0, 0.05) is 0 Å². The molecule has 0 unspecified atom stereocenters. The molecule has 1 aliphatic carbocycles. The monoisotopic (exact) mass is 486 g/mol. The molecule has 0 spiro atoms. The Hall–Kier alpha value is -1.18. The van der Waals surface area contributed by atoms with E-state index in [4.69, 9.17) is 0 Å². The first-order valence-electron chi connectivity index (χ1n) is 10.1. The van der Waals surface area contributed by atoms with E-state index in [2.05, 4.69) is 113 Å². The maximum atomic E-state index is 2.97. The van der Waals surface area contributed by atoms with Gasteiger partial charge in [0.05, 0.1) is 0 Å². The van der Waals surface area contributed by atoms with Crippen LogP contribution in [0, 0.1) is 0 Å². The van der Waals surface area contributed by atoms with Crippen molar-refractivity contribution in [2.24, 2.45) is 0 Å². The van der Waals surface area contributed by atoms with Gasteiger partial charge in [-0.05, 0) is 0 Å². The normalized spacial score (nSPS) is 17.6. The molecule has 0 bridgehead atoms. The van der Waals surface area contributed by atoms with Crippen molar-refractivity contribution in [3.8, 4) is 0 Å². The summed E-state index contributed by atoms with van der Waals surface area (Å²) < 4.78 is -2.60. The summed E-state index contributed by atoms with van der Waals surface area (Å²) in [5, 5.41) is 4.61. The van der Waals surface area contributed by atoms with E-state index in [-0.39, 0.29) is 0 Å². The Labute approximate surface area is 176 Å². The molecule has 0 aliphatic heterocycles. The second-order valence-electron chi connectivity index (χ2n) is 7.73. The summed E-state index contributed by atoms with van der Waals surface area (Å²) in [4.78, 5) is 0. The first kappa shape index (κ1) is 19.2. The van der Waals surface area contributed by atoms with Crippen molar-refractivity contribution in [2.75, 3.05) is 0 Å². The Morgan fingerprint density at radius 1 is 0.519 bits per heavy atom. The van der Waals surface area contributed by atoms with Crippen LogP contribution in [-0.4, -0.2) is 5.66 Å². The van der Waals surface area contributed by atoms with Gasteiger partial charge < -0.3 is 0 Å². The molecule has 0 atom stereocenters. The van der Waals surface area contributed by atoms with E-state index in [0.717, 1.165) is 0 Å². The van der Waals surface area contributed by atoms with Crippen molar-refractivity contribution >= 4 is 42.2 Å². The summed E-state index contributed by atoms with van der Waals surface area (Å²) in [6.07, 6.45) is 8.16. The van der Waals surface area contributed by atoms with E-state index in [1.807, 2.05) is 0 Å². The fourth-order valence-corrected chi connectivity index (χ4v) is 15.3. The van der Waals surface area contributed by atoms with Gasteiger partial charge in [-0.15, -0.1) is 0 Å². The van der Waals surface area contributed by atoms with Crippen molar-refractivity contribution in [2.45, 2.75) is 44.2 Å². The fraction of sp³-hybridized carbons (Fsp3) is 0.280. The van der Waals surface area contributed by atoms with Gasteiger partial charge in [-0.2, -0.15) is 0 Å². The Morgan fingerprint density at radius 2 is 0.852 bits per heavy atom.